The highest BCUT2D eigenvalue weighted by Crippen LogP contribution is 2.21. The van der Waals surface area contributed by atoms with Crippen LogP contribution in [0.15, 0.2) is 24.3 Å². The van der Waals surface area contributed by atoms with Crippen LogP contribution in [0.3, 0.4) is 0 Å². The number of ether oxygens (including phenoxy) is 1. The first-order valence-electron chi connectivity index (χ1n) is 7.09. The molecule has 0 fully saturated rings. The number of amides is 1. The Hall–Kier alpha value is -2.14. The Morgan fingerprint density at radius 1 is 1.33 bits per heavy atom. The van der Waals surface area contributed by atoms with Gasteiger partial charge in [-0.1, -0.05) is 0 Å². The number of aromatic nitrogens is 1. The van der Waals surface area contributed by atoms with Crippen molar-refractivity contribution in [2.45, 2.75) is 19.8 Å². The zero-order valence-corrected chi connectivity index (χ0v) is 12.5. The molecule has 0 radical (unpaired) electrons. The van der Waals surface area contributed by atoms with Crippen LogP contribution in [-0.2, 0) is 0 Å². The molecule has 0 aliphatic rings. The molecule has 0 bridgehead atoms. The van der Waals surface area contributed by atoms with Gasteiger partial charge in [0.1, 0.15) is 5.75 Å². The molecule has 1 aromatic carbocycles. The van der Waals surface area contributed by atoms with Gasteiger partial charge < -0.3 is 15.8 Å². The number of carbonyl (C=O) groups is 1. The van der Waals surface area contributed by atoms with Crippen molar-refractivity contribution in [3.63, 3.8) is 0 Å². The summed E-state index contributed by atoms with van der Waals surface area (Å²) >= 11 is 0. The standard InChI is InChI=1S/C16H21N3O2/c1-11-14(16(20)18-8-4-3-7-17)9-12-5-6-13(21-2)10-15(12)19-11/h5-6,9-10H,3-4,7-8,17H2,1-2H3,(H,18,20). The second kappa shape index (κ2) is 7.04. The largest absolute Gasteiger partial charge is 0.497 e. The number of unbranched alkanes of at least 4 members (excludes halogenated alkanes) is 1. The van der Waals surface area contributed by atoms with Crippen LogP contribution in [0.4, 0.5) is 0 Å². The van der Waals surface area contributed by atoms with E-state index in [9.17, 15) is 4.79 Å². The van der Waals surface area contributed by atoms with Gasteiger partial charge in [0.15, 0.2) is 0 Å². The number of hydrogen-bond donors (Lipinski definition) is 2. The third-order valence-corrected chi connectivity index (χ3v) is 3.38. The van der Waals surface area contributed by atoms with Crippen LogP contribution in [0.2, 0.25) is 0 Å². The fraction of sp³-hybridized carbons (Fsp3) is 0.375. The van der Waals surface area contributed by atoms with Gasteiger partial charge in [0.2, 0.25) is 0 Å². The van der Waals surface area contributed by atoms with Gasteiger partial charge in [-0.2, -0.15) is 0 Å². The molecule has 0 atom stereocenters. The summed E-state index contributed by atoms with van der Waals surface area (Å²) in [5.41, 5.74) is 7.59. The van der Waals surface area contributed by atoms with E-state index >= 15 is 0 Å². The molecule has 3 N–H and O–H groups in total. The van der Waals surface area contributed by atoms with Crippen molar-refractivity contribution in [3.05, 3.63) is 35.5 Å². The molecule has 21 heavy (non-hydrogen) atoms. The molecule has 0 unspecified atom stereocenters. The number of aryl methyl sites for hydroxylation is 1. The van der Waals surface area contributed by atoms with Crippen LogP contribution in [0.25, 0.3) is 10.9 Å². The van der Waals surface area contributed by atoms with E-state index in [1.807, 2.05) is 31.2 Å². The number of nitrogens with two attached hydrogens (primary N) is 1. The number of nitrogens with one attached hydrogen (secondary N) is 1. The van der Waals surface area contributed by atoms with E-state index in [-0.39, 0.29) is 5.91 Å². The highest BCUT2D eigenvalue weighted by atomic mass is 16.5. The second-order valence-corrected chi connectivity index (χ2v) is 4.93. The maximum Gasteiger partial charge on any atom is 0.253 e. The zero-order chi connectivity index (χ0) is 15.2. The summed E-state index contributed by atoms with van der Waals surface area (Å²) in [5, 5.41) is 3.83. The topological polar surface area (TPSA) is 77.2 Å². The summed E-state index contributed by atoms with van der Waals surface area (Å²) in [6.45, 7) is 3.12. The fourth-order valence-electron chi connectivity index (χ4n) is 2.17. The van der Waals surface area contributed by atoms with E-state index in [0.717, 1.165) is 29.5 Å². The molecular weight excluding hydrogens is 266 g/mol. The maximum absolute atomic E-state index is 12.2. The van der Waals surface area contributed by atoms with E-state index in [1.165, 1.54) is 0 Å². The van der Waals surface area contributed by atoms with Gasteiger partial charge in [-0.3, -0.25) is 9.78 Å². The molecule has 0 aliphatic carbocycles. The van der Waals surface area contributed by atoms with Crippen LogP contribution in [-0.4, -0.2) is 31.1 Å². The Morgan fingerprint density at radius 2 is 2.14 bits per heavy atom. The summed E-state index contributed by atoms with van der Waals surface area (Å²) < 4.78 is 5.19. The normalized spacial score (nSPS) is 10.6. The monoisotopic (exact) mass is 287 g/mol. The van der Waals surface area contributed by atoms with E-state index in [1.54, 1.807) is 7.11 Å². The first-order valence-corrected chi connectivity index (χ1v) is 7.09. The van der Waals surface area contributed by atoms with E-state index in [4.69, 9.17) is 10.5 Å². The van der Waals surface area contributed by atoms with Crippen molar-refractivity contribution in [1.82, 2.24) is 10.3 Å². The fourth-order valence-corrected chi connectivity index (χ4v) is 2.17. The molecule has 1 heterocycles. The molecule has 0 aliphatic heterocycles. The van der Waals surface area contributed by atoms with Crippen LogP contribution < -0.4 is 15.8 Å². The SMILES string of the molecule is COc1ccc2cc(C(=O)NCCCCN)c(C)nc2c1. The van der Waals surface area contributed by atoms with Gasteiger partial charge >= 0.3 is 0 Å². The lowest BCUT2D eigenvalue weighted by molar-refractivity contribution is 0.0952. The van der Waals surface area contributed by atoms with E-state index < -0.39 is 0 Å². The van der Waals surface area contributed by atoms with Gasteiger partial charge in [0.25, 0.3) is 5.91 Å². The number of fused-ring (bicyclic) bond motifs is 1. The predicted molar refractivity (Wildman–Crippen MR) is 83.7 cm³/mol. The van der Waals surface area contributed by atoms with Crippen molar-refractivity contribution in [2.24, 2.45) is 5.73 Å². The van der Waals surface area contributed by atoms with Gasteiger partial charge in [0.05, 0.1) is 23.9 Å². The molecule has 1 aromatic heterocycles. The zero-order valence-electron chi connectivity index (χ0n) is 12.5. The van der Waals surface area contributed by atoms with E-state index in [0.29, 0.717) is 24.3 Å². The average Bonchev–Trinajstić information content (AvgIpc) is 2.50. The lowest BCUT2D eigenvalue weighted by Gasteiger charge is -2.09. The Labute approximate surface area is 124 Å². The number of pyridine rings is 1. The molecule has 2 rings (SSSR count). The smallest absolute Gasteiger partial charge is 0.253 e. The van der Waals surface area contributed by atoms with Crippen molar-refractivity contribution in [1.29, 1.82) is 0 Å². The van der Waals surface area contributed by atoms with Crippen LogP contribution in [0.5, 0.6) is 5.75 Å². The molecule has 5 heteroatoms. The summed E-state index contributed by atoms with van der Waals surface area (Å²) in [5.74, 6) is 0.670. The minimum absolute atomic E-state index is 0.0882. The van der Waals surface area contributed by atoms with Gasteiger partial charge in [-0.15, -0.1) is 0 Å². The first kappa shape index (κ1) is 15.3. The maximum atomic E-state index is 12.2. The molecule has 1 amide bonds. The van der Waals surface area contributed by atoms with Crippen LogP contribution in [0.1, 0.15) is 28.9 Å². The number of carbonyl (C=O) groups excluding carboxylic acids is 1. The molecule has 5 nitrogen and oxygen atoms in total. The van der Waals surface area contributed by atoms with Gasteiger partial charge in [0, 0.05) is 18.0 Å². The van der Waals surface area contributed by atoms with Crippen LogP contribution >= 0.6 is 0 Å². The molecule has 0 saturated carbocycles. The quantitative estimate of drug-likeness (QED) is 0.797. The van der Waals surface area contributed by atoms with E-state index in [2.05, 4.69) is 10.3 Å². The number of hydrogen-bond acceptors (Lipinski definition) is 4. The third kappa shape index (κ3) is 3.70. The molecule has 2 aromatic rings. The minimum Gasteiger partial charge on any atom is -0.497 e. The van der Waals surface area contributed by atoms with Crippen LogP contribution in [0, 0.1) is 6.92 Å². The summed E-state index contributed by atoms with van der Waals surface area (Å²) in [6, 6.07) is 7.51. The Balaban J connectivity index is 2.20. The predicted octanol–water partition coefficient (Wildman–Crippen LogP) is 2.02. The van der Waals surface area contributed by atoms with Crippen molar-refractivity contribution in [3.8, 4) is 5.75 Å². The number of benzene rings is 1. The molecule has 0 saturated heterocycles. The number of nitrogens with zero attached hydrogens (tertiary/aromatic N) is 1. The highest BCUT2D eigenvalue weighted by Gasteiger charge is 2.11. The van der Waals surface area contributed by atoms with Crippen molar-refractivity contribution >= 4 is 16.8 Å². The Morgan fingerprint density at radius 3 is 2.86 bits per heavy atom. The summed E-state index contributed by atoms with van der Waals surface area (Å²) in [7, 11) is 1.62. The summed E-state index contributed by atoms with van der Waals surface area (Å²) in [6.07, 6.45) is 1.80. The average molecular weight is 287 g/mol. The number of rotatable bonds is 6. The molecule has 0 spiro atoms. The molecular formula is C16H21N3O2. The second-order valence-electron chi connectivity index (χ2n) is 4.93. The lowest BCUT2D eigenvalue weighted by Crippen LogP contribution is -2.25. The third-order valence-electron chi connectivity index (χ3n) is 3.38. The van der Waals surface area contributed by atoms with Crippen molar-refractivity contribution < 1.29 is 9.53 Å². The lowest BCUT2D eigenvalue weighted by atomic mass is 10.1. The number of methoxy groups -OCH3 is 1. The summed E-state index contributed by atoms with van der Waals surface area (Å²) in [4.78, 5) is 16.7. The Bertz CT molecular complexity index is 641. The van der Waals surface area contributed by atoms with Gasteiger partial charge in [-0.25, -0.2) is 0 Å². The Kier molecular flexibility index (Phi) is 5.11. The molecule has 112 valence electrons. The first-order chi connectivity index (χ1) is 10.2. The minimum atomic E-state index is -0.0882. The highest BCUT2D eigenvalue weighted by molar-refractivity contribution is 5.98. The van der Waals surface area contributed by atoms with Crippen molar-refractivity contribution in [2.75, 3.05) is 20.2 Å². The van der Waals surface area contributed by atoms with Gasteiger partial charge in [-0.05, 0) is 44.5 Å².